The van der Waals surface area contributed by atoms with Crippen LogP contribution in [-0.2, 0) is 0 Å². The van der Waals surface area contributed by atoms with E-state index in [0.717, 1.165) is 5.39 Å². The molecule has 0 aliphatic rings. The van der Waals surface area contributed by atoms with Crippen molar-refractivity contribution >= 4 is 16.6 Å². The normalized spacial score (nSPS) is 10.4. The quantitative estimate of drug-likeness (QED) is 0.683. The summed E-state index contributed by atoms with van der Waals surface area (Å²) in [5, 5.41) is 10.1. The van der Waals surface area contributed by atoms with Gasteiger partial charge < -0.3 is 5.73 Å². The Kier molecular flexibility index (Phi) is 2.81. The number of nitrogens with two attached hydrogens (primary N) is 1. The molecule has 3 aromatic rings. The van der Waals surface area contributed by atoms with Crippen LogP contribution < -0.4 is 5.73 Å². The van der Waals surface area contributed by atoms with Crippen LogP contribution in [0.2, 0.25) is 0 Å². The maximum Gasteiger partial charge on any atom is 0.149 e. The fourth-order valence-electron chi connectivity index (χ4n) is 2.16. The van der Waals surface area contributed by atoms with E-state index in [1.807, 2.05) is 30.3 Å². The largest absolute Gasteiger partial charge is 0.399 e. The van der Waals surface area contributed by atoms with Crippen molar-refractivity contribution in [1.82, 2.24) is 4.98 Å². The van der Waals surface area contributed by atoms with Crippen molar-refractivity contribution in [3.05, 3.63) is 60.0 Å². The van der Waals surface area contributed by atoms with Gasteiger partial charge in [0.05, 0.1) is 5.52 Å². The minimum absolute atomic E-state index is 0.188. The number of nitrogen functional groups attached to an aromatic ring is 1. The van der Waals surface area contributed by atoms with Crippen LogP contribution in [0.1, 0.15) is 5.69 Å². The smallest absolute Gasteiger partial charge is 0.149 e. The number of anilines is 1. The highest BCUT2D eigenvalue weighted by Gasteiger charge is 2.13. The maximum atomic E-state index is 14.0. The van der Waals surface area contributed by atoms with E-state index in [0.29, 0.717) is 22.3 Å². The topological polar surface area (TPSA) is 62.7 Å². The molecule has 0 saturated heterocycles. The molecule has 3 rings (SSSR count). The number of fused-ring (bicyclic) bond motifs is 1. The molecule has 0 bridgehead atoms. The second-order valence-electron chi connectivity index (χ2n) is 4.43. The van der Waals surface area contributed by atoms with Gasteiger partial charge in [0.2, 0.25) is 0 Å². The van der Waals surface area contributed by atoms with Crippen molar-refractivity contribution in [2.45, 2.75) is 0 Å². The molecule has 2 aromatic carbocycles. The molecule has 1 heterocycles. The van der Waals surface area contributed by atoms with E-state index in [4.69, 9.17) is 5.73 Å². The lowest BCUT2D eigenvalue weighted by atomic mass is 10.0. The Morgan fingerprint density at radius 2 is 1.85 bits per heavy atom. The van der Waals surface area contributed by atoms with Crippen LogP contribution in [0.4, 0.5) is 10.1 Å². The van der Waals surface area contributed by atoms with E-state index >= 15 is 0 Å². The van der Waals surface area contributed by atoms with Crippen molar-refractivity contribution in [3.8, 4) is 17.2 Å². The van der Waals surface area contributed by atoms with Crippen molar-refractivity contribution < 1.29 is 4.39 Å². The third-order valence-corrected chi connectivity index (χ3v) is 3.11. The number of nitriles is 1. The molecule has 1 aromatic heterocycles. The standard InChI is InChI=1S/C16H10FN3/c17-14-6-5-11(19)8-12(14)13-7-10-3-1-2-4-15(10)20-16(13)9-18/h1-8H,19H2. The molecule has 0 fully saturated rings. The number of halogens is 1. The van der Waals surface area contributed by atoms with Gasteiger partial charge in [-0.05, 0) is 30.3 Å². The lowest BCUT2D eigenvalue weighted by molar-refractivity contribution is 0.631. The molecule has 4 heteroatoms. The number of pyridine rings is 1. The number of aromatic nitrogens is 1. The molecule has 0 atom stereocenters. The summed E-state index contributed by atoms with van der Waals surface area (Å²) in [7, 11) is 0. The molecule has 0 amide bonds. The molecular formula is C16H10FN3. The monoisotopic (exact) mass is 263 g/mol. The molecule has 0 radical (unpaired) electrons. The molecule has 96 valence electrons. The number of nitrogens with zero attached hydrogens (tertiary/aromatic N) is 2. The fraction of sp³-hybridized carbons (Fsp3) is 0. The molecule has 3 nitrogen and oxygen atoms in total. The van der Waals surface area contributed by atoms with E-state index in [2.05, 4.69) is 4.98 Å². The Labute approximate surface area is 115 Å². The molecule has 2 N–H and O–H groups in total. The summed E-state index contributed by atoms with van der Waals surface area (Å²) in [6, 6.07) is 15.5. The van der Waals surface area contributed by atoms with Gasteiger partial charge in [-0.2, -0.15) is 5.26 Å². The molecule has 0 saturated carbocycles. The highest BCUT2D eigenvalue weighted by Crippen LogP contribution is 2.29. The minimum atomic E-state index is -0.423. The second-order valence-corrected chi connectivity index (χ2v) is 4.43. The first kappa shape index (κ1) is 12.1. The minimum Gasteiger partial charge on any atom is -0.399 e. The molecule has 0 aliphatic carbocycles. The zero-order chi connectivity index (χ0) is 14.1. The first-order chi connectivity index (χ1) is 9.69. The first-order valence-corrected chi connectivity index (χ1v) is 6.04. The number of hydrogen-bond donors (Lipinski definition) is 1. The zero-order valence-corrected chi connectivity index (χ0v) is 10.5. The van der Waals surface area contributed by atoms with Crippen molar-refractivity contribution in [3.63, 3.8) is 0 Å². The lowest BCUT2D eigenvalue weighted by Crippen LogP contribution is -1.95. The van der Waals surface area contributed by atoms with Gasteiger partial charge in [-0.15, -0.1) is 0 Å². The van der Waals surface area contributed by atoms with E-state index in [1.54, 1.807) is 6.07 Å². The SMILES string of the molecule is N#Cc1nc2ccccc2cc1-c1cc(N)ccc1F. The predicted molar refractivity (Wildman–Crippen MR) is 76.3 cm³/mol. The van der Waals surface area contributed by atoms with E-state index in [-0.39, 0.29) is 5.69 Å². The lowest BCUT2D eigenvalue weighted by Gasteiger charge is -2.08. The molecule has 0 aliphatic heterocycles. The molecule has 0 unspecified atom stereocenters. The number of para-hydroxylation sites is 1. The first-order valence-electron chi connectivity index (χ1n) is 6.04. The van der Waals surface area contributed by atoms with Crippen LogP contribution in [-0.4, -0.2) is 4.98 Å². The van der Waals surface area contributed by atoms with Crippen LogP contribution in [0.25, 0.3) is 22.0 Å². The Balaban J connectivity index is 2.35. The summed E-state index contributed by atoms with van der Waals surface area (Å²) in [5.74, 6) is -0.423. The maximum absolute atomic E-state index is 14.0. The Hall–Kier alpha value is -2.93. The summed E-state index contributed by atoms with van der Waals surface area (Å²) < 4.78 is 14.0. The van der Waals surface area contributed by atoms with Gasteiger partial charge in [0.1, 0.15) is 17.6 Å². The van der Waals surface area contributed by atoms with Crippen molar-refractivity contribution in [1.29, 1.82) is 5.26 Å². The summed E-state index contributed by atoms with van der Waals surface area (Å²) in [6.07, 6.45) is 0. The summed E-state index contributed by atoms with van der Waals surface area (Å²) >= 11 is 0. The fourth-order valence-corrected chi connectivity index (χ4v) is 2.16. The van der Waals surface area contributed by atoms with Gasteiger partial charge in [0, 0.05) is 22.2 Å². The van der Waals surface area contributed by atoms with Crippen LogP contribution in [0.3, 0.4) is 0 Å². The van der Waals surface area contributed by atoms with Crippen LogP contribution in [0.5, 0.6) is 0 Å². The van der Waals surface area contributed by atoms with Crippen LogP contribution >= 0.6 is 0 Å². The molecule has 0 spiro atoms. The summed E-state index contributed by atoms with van der Waals surface area (Å²) in [4.78, 5) is 4.27. The third-order valence-electron chi connectivity index (χ3n) is 3.11. The molecule has 20 heavy (non-hydrogen) atoms. The summed E-state index contributed by atoms with van der Waals surface area (Å²) in [6.45, 7) is 0. The Morgan fingerprint density at radius 1 is 1.05 bits per heavy atom. The van der Waals surface area contributed by atoms with Gasteiger partial charge in [0.25, 0.3) is 0 Å². The van der Waals surface area contributed by atoms with E-state index in [9.17, 15) is 9.65 Å². The second kappa shape index (κ2) is 4.63. The summed E-state index contributed by atoms with van der Waals surface area (Å²) in [5.41, 5.74) is 7.78. The highest BCUT2D eigenvalue weighted by molar-refractivity contribution is 5.86. The number of benzene rings is 2. The zero-order valence-electron chi connectivity index (χ0n) is 10.5. The average Bonchev–Trinajstić information content (AvgIpc) is 2.48. The number of hydrogen-bond acceptors (Lipinski definition) is 3. The van der Waals surface area contributed by atoms with Gasteiger partial charge in [-0.1, -0.05) is 18.2 Å². The van der Waals surface area contributed by atoms with Crippen LogP contribution in [0, 0.1) is 17.1 Å². The van der Waals surface area contributed by atoms with Crippen molar-refractivity contribution in [2.75, 3.05) is 5.73 Å². The van der Waals surface area contributed by atoms with Crippen molar-refractivity contribution in [2.24, 2.45) is 0 Å². The van der Waals surface area contributed by atoms with Gasteiger partial charge in [0.15, 0.2) is 0 Å². The predicted octanol–water partition coefficient (Wildman–Crippen LogP) is 3.49. The number of rotatable bonds is 1. The Bertz CT molecular complexity index is 850. The average molecular weight is 263 g/mol. The molecular weight excluding hydrogens is 253 g/mol. The Morgan fingerprint density at radius 3 is 2.65 bits per heavy atom. The highest BCUT2D eigenvalue weighted by atomic mass is 19.1. The van der Waals surface area contributed by atoms with E-state index < -0.39 is 5.82 Å². The van der Waals surface area contributed by atoms with Gasteiger partial charge in [-0.3, -0.25) is 0 Å². The third kappa shape index (κ3) is 1.95. The van der Waals surface area contributed by atoms with Crippen LogP contribution in [0.15, 0.2) is 48.5 Å². The van der Waals surface area contributed by atoms with E-state index in [1.165, 1.54) is 18.2 Å². The van der Waals surface area contributed by atoms with Gasteiger partial charge in [-0.25, -0.2) is 9.37 Å². The van der Waals surface area contributed by atoms with Gasteiger partial charge >= 0.3 is 0 Å².